The van der Waals surface area contributed by atoms with Crippen LogP contribution in [0.5, 0.6) is 0 Å². The SMILES string of the molecule is CCn1cncc1CC(C)Br. The van der Waals surface area contributed by atoms with Crippen molar-refractivity contribution in [3.05, 3.63) is 18.2 Å². The third-order valence-electron chi connectivity index (χ3n) is 1.63. The molecule has 1 aromatic rings. The molecule has 1 atom stereocenters. The van der Waals surface area contributed by atoms with Gasteiger partial charge in [0.05, 0.1) is 6.33 Å². The number of aryl methyl sites for hydroxylation is 1. The molecule has 1 aromatic heterocycles. The van der Waals surface area contributed by atoms with E-state index in [9.17, 15) is 0 Å². The van der Waals surface area contributed by atoms with Crippen LogP contribution in [0, 0.1) is 0 Å². The quantitative estimate of drug-likeness (QED) is 0.710. The lowest BCUT2D eigenvalue weighted by Gasteiger charge is -2.05. The second-order valence-electron chi connectivity index (χ2n) is 2.66. The van der Waals surface area contributed by atoms with E-state index in [1.54, 1.807) is 0 Å². The van der Waals surface area contributed by atoms with Crippen LogP contribution in [0.25, 0.3) is 0 Å². The Kier molecular flexibility index (Phi) is 3.12. The minimum Gasteiger partial charge on any atom is -0.335 e. The van der Waals surface area contributed by atoms with Crippen molar-refractivity contribution in [3.8, 4) is 0 Å². The molecular formula is C8H13BrN2. The maximum absolute atomic E-state index is 4.09. The van der Waals surface area contributed by atoms with Crippen molar-refractivity contribution in [3.63, 3.8) is 0 Å². The maximum atomic E-state index is 4.09. The lowest BCUT2D eigenvalue weighted by molar-refractivity contribution is 0.704. The summed E-state index contributed by atoms with van der Waals surface area (Å²) in [6, 6.07) is 0. The Morgan fingerprint density at radius 1 is 1.73 bits per heavy atom. The molecule has 2 nitrogen and oxygen atoms in total. The average molecular weight is 217 g/mol. The highest BCUT2D eigenvalue weighted by molar-refractivity contribution is 9.09. The predicted molar refractivity (Wildman–Crippen MR) is 50.0 cm³/mol. The van der Waals surface area contributed by atoms with Crippen LogP contribution in [0.3, 0.4) is 0 Å². The van der Waals surface area contributed by atoms with Crippen molar-refractivity contribution < 1.29 is 0 Å². The van der Waals surface area contributed by atoms with Gasteiger partial charge in [-0.05, 0) is 6.92 Å². The number of nitrogens with zero attached hydrogens (tertiary/aromatic N) is 2. The van der Waals surface area contributed by atoms with Crippen LogP contribution in [-0.4, -0.2) is 14.4 Å². The highest BCUT2D eigenvalue weighted by atomic mass is 79.9. The van der Waals surface area contributed by atoms with Gasteiger partial charge in [0.2, 0.25) is 0 Å². The van der Waals surface area contributed by atoms with Gasteiger partial charge in [0.15, 0.2) is 0 Å². The lowest BCUT2D eigenvalue weighted by atomic mass is 10.3. The molecule has 0 bridgehead atoms. The summed E-state index contributed by atoms with van der Waals surface area (Å²) >= 11 is 3.52. The highest BCUT2D eigenvalue weighted by Gasteiger charge is 2.02. The molecule has 11 heavy (non-hydrogen) atoms. The minimum atomic E-state index is 0.532. The molecule has 0 fully saturated rings. The van der Waals surface area contributed by atoms with Gasteiger partial charge < -0.3 is 4.57 Å². The number of hydrogen-bond donors (Lipinski definition) is 0. The molecule has 0 aliphatic heterocycles. The fourth-order valence-electron chi connectivity index (χ4n) is 1.09. The first kappa shape index (κ1) is 8.78. The van der Waals surface area contributed by atoms with Gasteiger partial charge in [-0.1, -0.05) is 22.9 Å². The molecule has 1 unspecified atom stereocenters. The summed E-state index contributed by atoms with van der Waals surface area (Å²) in [5, 5.41) is 0. The Labute approximate surface area is 75.8 Å². The molecule has 0 aliphatic carbocycles. The molecule has 0 spiro atoms. The van der Waals surface area contributed by atoms with Crippen molar-refractivity contribution in [2.45, 2.75) is 31.6 Å². The fourth-order valence-corrected chi connectivity index (χ4v) is 1.42. The van der Waals surface area contributed by atoms with E-state index in [0.29, 0.717) is 4.83 Å². The van der Waals surface area contributed by atoms with Crippen molar-refractivity contribution in [2.24, 2.45) is 0 Å². The second-order valence-corrected chi connectivity index (χ2v) is 4.22. The summed E-state index contributed by atoms with van der Waals surface area (Å²) in [5.41, 5.74) is 1.30. The number of rotatable bonds is 3. The van der Waals surface area contributed by atoms with Gasteiger partial charge >= 0.3 is 0 Å². The average Bonchev–Trinajstić information content (AvgIpc) is 2.34. The zero-order valence-electron chi connectivity index (χ0n) is 6.92. The third kappa shape index (κ3) is 2.33. The molecule has 1 rings (SSSR count). The van der Waals surface area contributed by atoms with Crippen LogP contribution in [-0.2, 0) is 13.0 Å². The van der Waals surface area contributed by atoms with E-state index in [-0.39, 0.29) is 0 Å². The van der Waals surface area contributed by atoms with Gasteiger partial charge in [0.1, 0.15) is 0 Å². The summed E-state index contributed by atoms with van der Waals surface area (Å²) in [4.78, 5) is 4.62. The number of aromatic nitrogens is 2. The molecule has 0 saturated carbocycles. The highest BCUT2D eigenvalue weighted by Crippen LogP contribution is 2.08. The van der Waals surface area contributed by atoms with Gasteiger partial charge in [-0.25, -0.2) is 4.98 Å². The monoisotopic (exact) mass is 216 g/mol. The summed E-state index contributed by atoms with van der Waals surface area (Å²) in [5.74, 6) is 0. The molecule has 0 radical (unpaired) electrons. The summed E-state index contributed by atoms with van der Waals surface area (Å²) < 4.78 is 2.16. The Hall–Kier alpha value is -0.310. The van der Waals surface area contributed by atoms with E-state index in [0.717, 1.165) is 13.0 Å². The first-order valence-corrected chi connectivity index (χ1v) is 4.78. The molecular weight excluding hydrogens is 204 g/mol. The zero-order valence-corrected chi connectivity index (χ0v) is 8.50. The molecule has 62 valence electrons. The molecule has 0 aromatic carbocycles. The molecule has 1 heterocycles. The van der Waals surface area contributed by atoms with Crippen molar-refractivity contribution >= 4 is 15.9 Å². The molecule has 3 heteroatoms. The van der Waals surface area contributed by atoms with Crippen LogP contribution < -0.4 is 0 Å². The van der Waals surface area contributed by atoms with E-state index in [1.165, 1.54) is 5.69 Å². The van der Waals surface area contributed by atoms with E-state index in [4.69, 9.17) is 0 Å². The van der Waals surface area contributed by atoms with Gasteiger partial charge in [-0.15, -0.1) is 0 Å². The Morgan fingerprint density at radius 3 is 3.00 bits per heavy atom. The first-order chi connectivity index (χ1) is 5.24. The maximum Gasteiger partial charge on any atom is 0.0948 e. The van der Waals surface area contributed by atoms with Crippen LogP contribution in [0.15, 0.2) is 12.5 Å². The van der Waals surface area contributed by atoms with Crippen molar-refractivity contribution in [1.29, 1.82) is 0 Å². The number of imidazole rings is 1. The number of halogens is 1. The predicted octanol–water partition coefficient (Wildman–Crippen LogP) is 2.23. The van der Waals surface area contributed by atoms with Gasteiger partial charge in [0, 0.05) is 29.7 Å². The van der Waals surface area contributed by atoms with Crippen molar-refractivity contribution in [2.75, 3.05) is 0 Å². The Morgan fingerprint density at radius 2 is 2.45 bits per heavy atom. The molecule has 0 aliphatic rings. The fraction of sp³-hybridized carbons (Fsp3) is 0.625. The van der Waals surface area contributed by atoms with Gasteiger partial charge in [0.25, 0.3) is 0 Å². The van der Waals surface area contributed by atoms with E-state index in [2.05, 4.69) is 39.3 Å². The Bertz CT molecular complexity index is 218. The summed E-state index contributed by atoms with van der Waals surface area (Å²) in [7, 11) is 0. The molecule has 0 saturated heterocycles. The summed E-state index contributed by atoms with van der Waals surface area (Å²) in [6.07, 6.45) is 4.86. The van der Waals surface area contributed by atoms with Gasteiger partial charge in [-0.3, -0.25) is 0 Å². The first-order valence-electron chi connectivity index (χ1n) is 3.87. The standard InChI is InChI=1S/C8H13BrN2/c1-3-11-6-10-5-8(11)4-7(2)9/h5-7H,3-4H2,1-2H3. The zero-order chi connectivity index (χ0) is 8.27. The smallest absolute Gasteiger partial charge is 0.0948 e. The van der Waals surface area contributed by atoms with E-state index in [1.807, 2.05) is 12.5 Å². The normalized spacial score (nSPS) is 13.4. The summed E-state index contributed by atoms with van der Waals surface area (Å²) in [6.45, 7) is 5.28. The molecule has 0 amide bonds. The molecule has 0 N–H and O–H groups in total. The van der Waals surface area contributed by atoms with Crippen molar-refractivity contribution in [1.82, 2.24) is 9.55 Å². The Balaban J connectivity index is 2.68. The number of hydrogen-bond acceptors (Lipinski definition) is 1. The largest absolute Gasteiger partial charge is 0.335 e. The van der Waals surface area contributed by atoms with Crippen LogP contribution in [0.1, 0.15) is 19.5 Å². The van der Waals surface area contributed by atoms with Crippen LogP contribution in [0.4, 0.5) is 0 Å². The van der Waals surface area contributed by atoms with E-state index >= 15 is 0 Å². The van der Waals surface area contributed by atoms with E-state index < -0.39 is 0 Å². The van der Waals surface area contributed by atoms with Crippen LogP contribution in [0.2, 0.25) is 0 Å². The lowest BCUT2D eigenvalue weighted by Crippen LogP contribution is -2.04. The topological polar surface area (TPSA) is 17.8 Å². The minimum absolute atomic E-state index is 0.532. The van der Waals surface area contributed by atoms with Gasteiger partial charge in [-0.2, -0.15) is 0 Å². The number of alkyl halides is 1. The van der Waals surface area contributed by atoms with Crippen LogP contribution >= 0.6 is 15.9 Å². The second kappa shape index (κ2) is 3.90. The third-order valence-corrected chi connectivity index (χ3v) is 1.95.